The van der Waals surface area contributed by atoms with E-state index in [1.165, 1.54) is 12.0 Å². The molecular formula is C26H30N2O6. The highest BCUT2D eigenvalue weighted by Crippen LogP contribution is 2.41. The zero-order valence-corrected chi connectivity index (χ0v) is 19.7. The van der Waals surface area contributed by atoms with Crippen molar-refractivity contribution in [2.75, 3.05) is 52.0 Å². The number of hydrogen-bond donors (Lipinski definition) is 1. The Labute approximate surface area is 199 Å². The number of aliphatic hydroxyl groups excluding tert-OH is 1. The minimum absolute atomic E-state index is 0.0580. The maximum absolute atomic E-state index is 13.1. The van der Waals surface area contributed by atoms with Crippen LogP contribution in [0.2, 0.25) is 0 Å². The summed E-state index contributed by atoms with van der Waals surface area (Å²) in [6, 6.07) is 11.8. The molecule has 4 rings (SSSR count). The van der Waals surface area contributed by atoms with Crippen LogP contribution in [0, 0.1) is 0 Å². The minimum atomic E-state index is -0.736. The second kappa shape index (κ2) is 10.2. The first-order valence-electron chi connectivity index (χ1n) is 11.4. The van der Waals surface area contributed by atoms with Gasteiger partial charge in [-0.2, -0.15) is 0 Å². The van der Waals surface area contributed by atoms with Crippen LogP contribution in [0.5, 0.6) is 11.5 Å². The van der Waals surface area contributed by atoms with Crippen molar-refractivity contribution in [3.8, 4) is 11.5 Å². The molecule has 1 saturated heterocycles. The fraction of sp³-hybridized carbons (Fsp3) is 0.385. The number of Topliss-reactive ketones (excluding diaryl/α,β-unsaturated/α-hetero) is 1. The Bertz CT molecular complexity index is 1090. The summed E-state index contributed by atoms with van der Waals surface area (Å²) in [5.74, 6) is -0.167. The molecule has 0 bridgehead atoms. The molecule has 8 nitrogen and oxygen atoms in total. The third-order valence-electron chi connectivity index (χ3n) is 6.07. The predicted octanol–water partition coefficient (Wildman–Crippen LogP) is 3.37. The van der Waals surface area contributed by atoms with Gasteiger partial charge in [0.1, 0.15) is 23.9 Å². The van der Waals surface area contributed by atoms with Gasteiger partial charge in [0.05, 0.1) is 37.1 Å². The van der Waals surface area contributed by atoms with Gasteiger partial charge in [-0.05, 0) is 42.3 Å². The largest absolute Gasteiger partial charge is 0.507 e. The van der Waals surface area contributed by atoms with E-state index in [0.29, 0.717) is 42.4 Å². The van der Waals surface area contributed by atoms with Crippen molar-refractivity contribution >= 4 is 23.1 Å². The van der Waals surface area contributed by atoms with E-state index < -0.39 is 17.7 Å². The molecule has 2 heterocycles. The van der Waals surface area contributed by atoms with E-state index in [2.05, 4.69) is 0 Å². The van der Waals surface area contributed by atoms with Crippen LogP contribution in [-0.2, 0) is 14.3 Å². The fourth-order valence-electron chi connectivity index (χ4n) is 4.27. The van der Waals surface area contributed by atoms with Gasteiger partial charge < -0.3 is 29.1 Å². The SMILES string of the molecule is CCCOc1ccc(C2/C(=C(/O)c3ccc4c(c3)N(C)CCO4)C(=O)C(=O)N2CCOC)cc1. The number of methoxy groups -OCH3 is 1. The van der Waals surface area contributed by atoms with Crippen molar-refractivity contribution in [3.05, 3.63) is 59.2 Å². The van der Waals surface area contributed by atoms with Gasteiger partial charge in [-0.25, -0.2) is 0 Å². The second-order valence-corrected chi connectivity index (χ2v) is 8.36. The van der Waals surface area contributed by atoms with E-state index in [0.717, 1.165) is 12.1 Å². The number of nitrogens with zero attached hydrogens (tertiary/aromatic N) is 2. The summed E-state index contributed by atoms with van der Waals surface area (Å²) in [6.07, 6.45) is 0.889. The average Bonchev–Trinajstić information content (AvgIpc) is 3.11. The molecule has 1 fully saturated rings. The van der Waals surface area contributed by atoms with Gasteiger partial charge in [-0.1, -0.05) is 19.1 Å². The molecule has 2 aliphatic rings. The number of aliphatic hydroxyl groups is 1. The molecule has 1 amide bonds. The van der Waals surface area contributed by atoms with E-state index in [4.69, 9.17) is 14.2 Å². The fourth-order valence-corrected chi connectivity index (χ4v) is 4.27. The summed E-state index contributed by atoms with van der Waals surface area (Å²) in [6.45, 7) is 4.41. The van der Waals surface area contributed by atoms with Crippen molar-refractivity contribution in [2.24, 2.45) is 0 Å². The lowest BCUT2D eigenvalue weighted by molar-refractivity contribution is -0.140. The molecule has 1 N–H and O–H groups in total. The number of benzene rings is 2. The van der Waals surface area contributed by atoms with Crippen LogP contribution in [0.15, 0.2) is 48.0 Å². The molecule has 2 aromatic carbocycles. The van der Waals surface area contributed by atoms with Crippen LogP contribution in [0.4, 0.5) is 5.69 Å². The number of anilines is 1. The molecule has 0 aliphatic carbocycles. The zero-order chi connectivity index (χ0) is 24.2. The van der Waals surface area contributed by atoms with Gasteiger partial charge in [0.2, 0.25) is 0 Å². The molecule has 0 aromatic heterocycles. The number of rotatable bonds is 8. The summed E-state index contributed by atoms with van der Waals surface area (Å²) < 4.78 is 16.5. The highest BCUT2D eigenvalue weighted by atomic mass is 16.5. The highest BCUT2D eigenvalue weighted by Gasteiger charge is 2.46. The van der Waals surface area contributed by atoms with Gasteiger partial charge in [0, 0.05) is 26.3 Å². The van der Waals surface area contributed by atoms with Gasteiger partial charge in [-0.15, -0.1) is 0 Å². The van der Waals surface area contributed by atoms with E-state index >= 15 is 0 Å². The molecule has 0 radical (unpaired) electrons. The molecule has 1 unspecified atom stereocenters. The molecule has 180 valence electrons. The number of fused-ring (bicyclic) bond motifs is 1. The van der Waals surface area contributed by atoms with Crippen molar-refractivity contribution in [3.63, 3.8) is 0 Å². The van der Waals surface area contributed by atoms with Crippen molar-refractivity contribution < 1.29 is 28.9 Å². The number of carbonyl (C=O) groups excluding carboxylic acids is 2. The summed E-state index contributed by atoms with van der Waals surface area (Å²) in [5.41, 5.74) is 2.04. The summed E-state index contributed by atoms with van der Waals surface area (Å²) in [4.78, 5) is 29.6. The maximum Gasteiger partial charge on any atom is 0.295 e. The van der Waals surface area contributed by atoms with E-state index in [-0.39, 0.29) is 24.5 Å². The van der Waals surface area contributed by atoms with Crippen molar-refractivity contribution in [1.82, 2.24) is 4.90 Å². The Kier molecular flexibility index (Phi) is 7.07. The quantitative estimate of drug-likeness (QED) is 0.363. The van der Waals surface area contributed by atoms with Crippen LogP contribution in [-0.4, -0.2) is 68.8 Å². The highest BCUT2D eigenvalue weighted by molar-refractivity contribution is 6.46. The molecule has 2 aliphatic heterocycles. The molecular weight excluding hydrogens is 436 g/mol. The monoisotopic (exact) mass is 466 g/mol. The van der Waals surface area contributed by atoms with E-state index in [1.807, 2.05) is 43.1 Å². The normalized spacial score (nSPS) is 19.2. The standard InChI is InChI=1S/C26H30N2O6/c1-4-13-33-19-8-5-17(6-9-19)23-22(25(30)26(31)28(23)12-14-32-3)24(29)18-7-10-21-20(16-18)27(2)11-15-34-21/h5-10,16,23,29H,4,11-15H2,1-3H3/b24-22-. The van der Waals surface area contributed by atoms with Crippen LogP contribution >= 0.6 is 0 Å². The number of amides is 1. The smallest absolute Gasteiger partial charge is 0.295 e. The number of ether oxygens (including phenoxy) is 3. The molecule has 8 heteroatoms. The minimum Gasteiger partial charge on any atom is -0.507 e. The number of carbonyl (C=O) groups is 2. The first-order chi connectivity index (χ1) is 16.5. The lowest BCUT2D eigenvalue weighted by Gasteiger charge is -2.28. The Morgan fingerprint density at radius 1 is 1.15 bits per heavy atom. The van der Waals surface area contributed by atoms with Crippen molar-refractivity contribution in [1.29, 1.82) is 0 Å². The zero-order valence-electron chi connectivity index (χ0n) is 19.7. The van der Waals surface area contributed by atoms with E-state index in [1.54, 1.807) is 18.2 Å². The number of likely N-dealkylation sites (N-methyl/N-ethyl adjacent to an activating group) is 1. The number of ketones is 1. The van der Waals surface area contributed by atoms with Crippen LogP contribution in [0.25, 0.3) is 5.76 Å². The molecule has 1 atom stereocenters. The third-order valence-corrected chi connectivity index (χ3v) is 6.07. The van der Waals surface area contributed by atoms with Gasteiger partial charge in [-0.3, -0.25) is 9.59 Å². The maximum atomic E-state index is 13.1. The van der Waals surface area contributed by atoms with Gasteiger partial charge >= 0.3 is 0 Å². The Balaban J connectivity index is 1.78. The summed E-state index contributed by atoms with van der Waals surface area (Å²) >= 11 is 0. The van der Waals surface area contributed by atoms with Gasteiger partial charge in [0.15, 0.2) is 0 Å². The molecule has 0 spiro atoms. The summed E-state index contributed by atoms with van der Waals surface area (Å²) in [7, 11) is 3.48. The lowest BCUT2D eigenvalue weighted by Crippen LogP contribution is -2.32. The summed E-state index contributed by atoms with van der Waals surface area (Å²) in [5, 5.41) is 11.3. The van der Waals surface area contributed by atoms with Crippen LogP contribution < -0.4 is 14.4 Å². The first kappa shape index (κ1) is 23.6. The van der Waals surface area contributed by atoms with Gasteiger partial charge in [0.25, 0.3) is 11.7 Å². The number of likely N-dealkylation sites (tertiary alicyclic amines) is 1. The van der Waals surface area contributed by atoms with E-state index in [9.17, 15) is 14.7 Å². The van der Waals surface area contributed by atoms with Crippen molar-refractivity contribution in [2.45, 2.75) is 19.4 Å². The van der Waals surface area contributed by atoms with Crippen LogP contribution in [0.1, 0.15) is 30.5 Å². The topological polar surface area (TPSA) is 88.5 Å². The average molecular weight is 467 g/mol. The number of hydrogen-bond acceptors (Lipinski definition) is 7. The molecule has 34 heavy (non-hydrogen) atoms. The molecule has 0 saturated carbocycles. The lowest BCUT2D eigenvalue weighted by atomic mass is 9.95. The Morgan fingerprint density at radius 3 is 2.62 bits per heavy atom. The third kappa shape index (κ3) is 4.46. The second-order valence-electron chi connectivity index (χ2n) is 8.36. The first-order valence-corrected chi connectivity index (χ1v) is 11.4. The van der Waals surface area contributed by atoms with Crippen LogP contribution in [0.3, 0.4) is 0 Å². The molecule has 2 aromatic rings. The predicted molar refractivity (Wildman–Crippen MR) is 128 cm³/mol. The Hall–Kier alpha value is -3.52. The Morgan fingerprint density at radius 2 is 1.91 bits per heavy atom.